The van der Waals surface area contributed by atoms with Crippen LogP contribution in [-0.2, 0) is 4.79 Å². The number of amides is 1. The predicted molar refractivity (Wildman–Crippen MR) is 99.0 cm³/mol. The molecular weight excluding hydrogens is 340 g/mol. The van der Waals surface area contributed by atoms with E-state index in [-0.39, 0.29) is 10.8 Å². The van der Waals surface area contributed by atoms with Gasteiger partial charge < -0.3 is 9.47 Å². The van der Waals surface area contributed by atoms with Gasteiger partial charge in [0.05, 0.1) is 19.9 Å². The highest BCUT2D eigenvalue weighted by Crippen LogP contribution is 2.28. The summed E-state index contributed by atoms with van der Waals surface area (Å²) in [7, 11) is 1.57. The first kappa shape index (κ1) is 18.7. The Morgan fingerprint density at radius 3 is 2.84 bits per heavy atom. The average molecular weight is 360 g/mol. The molecule has 1 amide bonds. The van der Waals surface area contributed by atoms with Gasteiger partial charge >= 0.3 is 5.91 Å². The molecule has 0 unspecified atom stereocenters. The summed E-state index contributed by atoms with van der Waals surface area (Å²) >= 11 is 4.96. The standard InChI is InChI=1S/C17H20N4O3S/c1-4-5-6-9-24-14-8-7-13(10-15(14)23-3)11-18-21-16(22)12(2)19-20-17(21)25/h7-8,10-11H,2,4-6,9H2,1,3H3/b18-11+. The van der Waals surface area contributed by atoms with Crippen molar-refractivity contribution in [3.8, 4) is 11.5 Å². The summed E-state index contributed by atoms with van der Waals surface area (Å²) in [5.41, 5.74) is 0.709. The SMILES string of the molecule is C=C1N=NC(=S)N(/N=C/c2ccc(OCCCCC)c(OC)c2)C1=O. The van der Waals surface area contributed by atoms with E-state index in [1.54, 1.807) is 19.2 Å². The maximum atomic E-state index is 11.9. The molecule has 0 saturated heterocycles. The minimum atomic E-state index is -0.501. The van der Waals surface area contributed by atoms with Gasteiger partial charge in [-0.15, -0.1) is 10.2 Å². The number of benzene rings is 1. The van der Waals surface area contributed by atoms with Gasteiger partial charge in [0.15, 0.2) is 11.5 Å². The number of carbonyl (C=O) groups excluding carboxylic acids is 1. The fraction of sp³-hybridized carbons (Fsp3) is 0.353. The zero-order chi connectivity index (χ0) is 18.2. The Kier molecular flexibility index (Phi) is 6.76. The molecule has 1 heterocycles. The molecule has 0 radical (unpaired) electrons. The van der Waals surface area contributed by atoms with Gasteiger partial charge in [-0.1, -0.05) is 26.3 Å². The first-order valence-corrected chi connectivity index (χ1v) is 8.31. The van der Waals surface area contributed by atoms with E-state index in [9.17, 15) is 4.79 Å². The highest BCUT2D eigenvalue weighted by Gasteiger charge is 2.24. The maximum absolute atomic E-state index is 11.9. The van der Waals surface area contributed by atoms with Crippen LogP contribution in [0.25, 0.3) is 0 Å². The Labute approximate surface area is 152 Å². The van der Waals surface area contributed by atoms with Crippen LogP contribution < -0.4 is 9.47 Å². The monoisotopic (exact) mass is 360 g/mol. The number of hydrogen-bond acceptors (Lipinski definition) is 6. The van der Waals surface area contributed by atoms with Crippen LogP contribution in [0.2, 0.25) is 0 Å². The van der Waals surface area contributed by atoms with Crippen LogP contribution in [0.4, 0.5) is 0 Å². The lowest BCUT2D eigenvalue weighted by molar-refractivity contribution is -0.123. The number of unbranched alkanes of at least 4 members (excludes halogenated alkanes) is 2. The smallest absolute Gasteiger partial charge is 0.300 e. The Morgan fingerprint density at radius 1 is 1.32 bits per heavy atom. The fourth-order valence-corrected chi connectivity index (χ4v) is 2.21. The molecule has 0 spiro atoms. The predicted octanol–water partition coefficient (Wildman–Crippen LogP) is 3.69. The van der Waals surface area contributed by atoms with Crippen LogP contribution in [0, 0.1) is 0 Å². The van der Waals surface area contributed by atoms with Crippen molar-refractivity contribution in [1.82, 2.24) is 5.01 Å². The molecule has 0 aliphatic carbocycles. The third-order valence-corrected chi connectivity index (χ3v) is 3.65. The molecule has 1 aromatic carbocycles. The summed E-state index contributed by atoms with van der Waals surface area (Å²) in [4.78, 5) is 11.9. The quantitative estimate of drug-likeness (QED) is 0.307. The molecule has 0 bridgehead atoms. The molecule has 25 heavy (non-hydrogen) atoms. The van der Waals surface area contributed by atoms with E-state index in [1.807, 2.05) is 6.07 Å². The van der Waals surface area contributed by atoms with E-state index >= 15 is 0 Å². The number of methoxy groups -OCH3 is 1. The summed E-state index contributed by atoms with van der Waals surface area (Å²) < 4.78 is 11.1. The topological polar surface area (TPSA) is 75.8 Å². The molecule has 2 rings (SSSR count). The molecule has 1 aromatic rings. The summed E-state index contributed by atoms with van der Waals surface area (Å²) in [5, 5.41) is 12.2. The van der Waals surface area contributed by atoms with Crippen molar-refractivity contribution in [2.45, 2.75) is 26.2 Å². The van der Waals surface area contributed by atoms with Gasteiger partial charge in [0, 0.05) is 0 Å². The summed E-state index contributed by atoms with van der Waals surface area (Å²) in [6.07, 6.45) is 4.75. The van der Waals surface area contributed by atoms with Crippen molar-refractivity contribution in [2.24, 2.45) is 15.3 Å². The minimum absolute atomic E-state index is 0.0147. The van der Waals surface area contributed by atoms with Gasteiger partial charge in [-0.05, 0) is 42.4 Å². The van der Waals surface area contributed by atoms with Crippen molar-refractivity contribution in [1.29, 1.82) is 0 Å². The second-order valence-corrected chi connectivity index (χ2v) is 5.62. The third-order valence-electron chi connectivity index (χ3n) is 3.39. The van der Waals surface area contributed by atoms with Gasteiger partial charge in [0.1, 0.15) is 5.70 Å². The van der Waals surface area contributed by atoms with Crippen molar-refractivity contribution >= 4 is 29.5 Å². The number of ether oxygens (including phenoxy) is 2. The molecule has 8 heteroatoms. The Hall–Kier alpha value is -2.61. The van der Waals surface area contributed by atoms with Gasteiger partial charge in [-0.25, -0.2) is 0 Å². The normalized spacial score (nSPS) is 14.5. The molecular formula is C17H20N4O3S. The lowest BCUT2D eigenvalue weighted by Crippen LogP contribution is -2.33. The van der Waals surface area contributed by atoms with Crippen molar-refractivity contribution < 1.29 is 14.3 Å². The zero-order valence-corrected chi connectivity index (χ0v) is 15.1. The average Bonchev–Trinajstić information content (AvgIpc) is 2.62. The first-order valence-electron chi connectivity index (χ1n) is 7.90. The molecule has 0 N–H and O–H groups in total. The van der Waals surface area contributed by atoms with Crippen molar-refractivity contribution in [3.63, 3.8) is 0 Å². The lowest BCUT2D eigenvalue weighted by Gasteiger charge is -2.17. The summed E-state index contributed by atoms with van der Waals surface area (Å²) in [6, 6.07) is 5.39. The van der Waals surface area contributed by atoms with Crippen LogP contribution in [0.3, 0.4) is 0 Å². The van der Waals surface area contributed by atoms with Gasteiger partial charge in [0.2, 0.25) is 5.11 Å². The number of hydrazone groups is 1. The molecule has 132 valence electrons. The zero-order valence-electron chi connectivity index (χ0n) is 14.3. The van der Waals surface area contributed by atoms with Gasteiger partial charge in [-0.3, -0.25) is 4.79 Å². The number of thiocarbonyl (C=S) groups is 1. The second-order valence-electron chi connectivity index (χ2n) is 5.26. The number of carbonyl (C=O) groups is 1. The number of rotatable bonds is 8. The van der Waals surface area contributed by atoms with Crippen LogP contribution in [0.1, 0.15) is 31.7 Å². The lowest BCUT2D eigenvalue weighted by atomic mass is 10.2. The van der Waals surface area contributed by atoms with Gasteiger partial charge in [-0.2, -0.15) is 10.1 Å². The molecule has 0 fully saturated rings. The molecule has 7 nitrogen and oxygen atoms in total. The maximum Gasteiger partial charge on any atom is 0.300 e. The summed E-state index contributed by atoms with van der Waals surface area (Å²) in [6.45, 7) is 6.28. The third kappa shape index (κ3) is 4.93. The second kappa shape index (κ2) is 9.03. The van der Waals surface area contributed by atoms with E-state index in [0.717, 1.165) is 29.8 Å². The van der Waals surface area contributed by atoms with Crippen molar-refractivity contribution in [2.75, 3.05) is 13.7 Å². The minimum Gasteiger partial charge on any atom is -0.493 e. The van der Waals surface area contributed by atoms with Crippen LogP contribution in [0.5, 0.6) is 11.5 Å². The number of nitrogens with zero attached hydrogens (tertiary/aromatic N) is 4. The van der Waals surface area contributed by atoms with Crippen LogP contribution in [-0.4, -0.2) is 36.0 Å². The Bertz CT molecular complexity index is 731. The Morgan fingerprint density at radius 2 is 2.12 bits per heavy atom. The number of azo groups is 1. The molecule has 1 aliphatic rings. The van der Waals surface area contributed by atoms with E-state index in [2.05, 4.69) is 28.8 Å². The molecule has 0 atom stereocenters. The molecule has 1 aliphatic heterocycles. The van der Waals surface area contributed by atoms with E-state index in [0.29, 0.717) is 18.1 Å². The van der Waals surface area contributed by atoms with E-state index < -0.39 is 5.91 Å². The fourth-order valence-electron chi connectivity index (χ4n) is 2.04. The Balaban J connectivity index is 2.09. The van der Waals surface area contributed by atoms with E-state index in [4.69, 9.17) is 21.7 Å². The highest BCUT2D eigenvalue weighted by atomic mass is 32.1. The molecule has 0 saturated carbocycles. The van der Waals surface area contributed by atoms with Crippen LogP contribution >= 0.6 is 12.2 Å². The number of hydrogen-bond donors (Lipinski definition) is 0. The first-order chi connectivity index (χ1) is 12.1. The van der Waals surface area contributed by atoms with Crippen molar-refractivity contribution in [3.05, 3.63) is 36.0 Å². The molecule has 0 aromatic heterocycles. The summed E-state index contributed by atoms with van der Waals surface area (Å²) in [5.74, 6) is 0.763. The van der Waals surface area contributed by atoms with Gasteiger partial charge in [0.25, 0.3) is 0 Å². The van der Waals surface area contributed by atoms with Crippen LogP contribution in [0.15, 0.2) is 45.8 Å². The van der Waals surface area contributed by atoms with E-state index in [1.165, 1.54) is 6.21 Å². The largest absolute Gasteiger partial charge is 0.493 e. The highest BCUT2D eigenvalue weighted by molar-refractivity contribution is 7.80.